The highest BCUT2D eigenvalue weighted by Crippen LogP contribution is 2.36. The van der Waals surface area contributed by atoms with Crippen LogP contribution in [0.4, 0.5) is 0 Å². The van der Waals surface area contributed by atoms with Gasteiger partial charge in [-0.3, -0.25) is 0 Å². The third-order valence-corrected chi connectivity index (χ3v) is 5.08. The summed E-state index contributed by atoms with van der Waals surface area (Å²) in [6, 6.07) is 39.6. The average molecular weight is 372 g/mol. The molecule has 0 aliphatic heterocycles. The van der Waals surface area contributed by atoms with E-state index in [9.17, 15) is 0 Å². The van der Waals surface area contributed by atoms with E-state index in [2.05, 4.69) is 102 Å². The van der Waals surface area contributed by atoms with Crippen LogP contribution < -0.4 is 0 Å². The van der Waals surface area contributed by atoms with Crippen LogP contribution in [-0.2, 0) is 0 Å². The minimum Gasteiger partial charge on any atom is -0.337 e. The second kappa shape index (κ2) is 7.61. The van der Waals surface area contributed by atoms with E-state index in [-0.39, 0.29) is 0 Å². The highest BCUT2D eigenvalue weighted by atomic mass is 14.9. The molecule has 0 saturated heterocycles. The number of aromatic nitrogens is 2. The Morgan fingerprint density at radius 1 is 0.448 bits per heavy atom. The van der Waals surface area contributed by atoms with Gasteiger partial charge in [0.1, 0.15) is 5.82 Å². The Morgan fingerprint density at radius 2 is 0.931 bits per heavy atom. The highest BCUT2D eigenvalue weighted by Gasteiger charge is 2.17. The Labute approximate surface area is 170 Å². The molecule has 5 rings (SSSR count). The monoisotopic (exact) mass is 372 g/mol. The molecule has 0 saturated carbocycles. The van der Waals surface area contributed by atoms with Crippen molar-refractivity contribution in [1.29, 1.82) is 0 Å². The van der Waals surface area contributed by atoms with Crippen LogP contribution in [0.2, 0.25) is 0 Å². The summed E-state index contributed by atoms with van der Waals surface area (Å²) in [5, 5.41) is 0. The fourth-order valence-electron chi connectivity index (χ4n) is 3.68. The van der Waals surface area contributed by atoms with Crippen LogP contribution in [-0.4, -0.2) is 9.97 Å². The number of aromatic amines is 1. The molecule has 4 aromatic carbocycles. The predicted octanol–water partition coefficient (Wildman–Crippen LogP) is 7.08. The van der Waals surface area contributed by atoms with Crippen molar-refractivity contribution in [2.75, 3.05) is 0 Å². The van der Waals surface area contributed by atoms with Crippen molar-refractivity contribution in [3.8, 4) is 45.0 Å². The summed E-state index contributed by atoms with van der Waals surface area (Å²) in [6.45, 7) is 0. The zero-order valence-corrected chi connectivity index (χ0v) is 15.9. The third kappa shape index (κ3) is 3.37. The second-order valence-electron chi connectivity index (χ2n) is 6.95. The molecule has 0 radical (unpaired) electrons. The fourth-order valence-corrected chi connectivity index (χ4v) is 3.68. The van der Waals surface area contributed by atoms with E-state index in [1.807, 2.05) is 18.2 Å². The lowest BCUT2D eigenvalue weighted by molar-refractivity contribution is 1.31. The Hall–Kier alpha value is -3.91. The molecule has 0 bridgehead atoms. The van der Waals surface area contributed by atoms with E-state index in [0.717, 1.165) is 33.9 Å². The van der Waals surface area contributed by atoms with Crippen LogP contribution in [0.1, 0.15) is 0 Å². The molecule has 1 N–H and O–H groups in total. The largest absolute Gasteiger partial charge is 0.337 e. The van der Waals surface area contributed by atoms with Crippen LogP contribution in [0.15, 0.2) is 115 Å². The first kappa shape index (κ1) is 17.2. The standard InChI is InChI=1S/C27H20N2/c1-4-12-20(13-5-1)23-18-10-11-19-24(23)27-28-25(21-14-6-2-7-15-21)26(29-27)22-16-8-3-9-17-22/h1-19H,(H,28,29). The summed E-state index contributed by atoms with van der Waals surface area (Å²) < 4.78 is 0. The fraction of sp³-hybridized carbons (Fsp3) is 0. The lowest BCUT2D eigenvalue weighted by atomic mass is 9.99. The number of nitrogens with zero attached hydrogens (tertiary/aromatic N) is 1. The number of H-pyrrole nitrogens is 1. The van der Waals surface area contributed by atoms with Crippen molar-refractivity contribution >= 4 is 0 Å². The van der Waals surface area contributed by atoms with Crippen molar-refractivity contribution < 1.29 is 0 Å². The quantitative estimate of drug-likeness (QED) is 0.359. The number of rotatable bonds is 4. The number of nitrogens with one attached hydrogen (secondary N) is 1. The summed E-state index contributed by atoms with van der Waals surface area (Å²) in [5.74, 6) is 0.877. The molecule has 0 atom stereocenters. The lowest BCUT2D eigenvalue weighted by Crippen LogP contribution is -1.87. The summed E-state index contributed by atoms with van der Waals surface area (Å²) in [5.41, 5.74) is 7.68. The van der Waals surface area contributed by atoms with Gasteiger partial charge in [-0.25, -0.2) is 4.98 Å². The van der Waals surface area contributed by atoms with Crippen molar-refractivity contribution in [3.63, 3.8) is 0 Å². The van der Waals surface area contributed by atoms with Crippen molar-refractivity contribution in [3.05, 3.63) is 115 Å². The first-order chi connectivity index (χ1) is 14.4. The summed E-state index contributed by atoms with van der Waals surface area (Å²) in [7, 11) is 0. The SMILES string of the molecule is c1ccc(-c2ccccc2-c2nc(-c3ccccc3)c(-c3ccccc3)[nH]2)cc1. The molecule has 5 aromatic rings. The maximum Gasteiger partial charge on any atom is 0.139 e. The van der Waals surface area contributed by atoms with E-state index in [0.29, 0.717) is 0 Å². The van der Waals surface area contributed by atoms with Gasteiger partial charge in [0, 0.05) is 16.7 Å². The van der Waals surface area contributed by atoms with E-state index < -0.39 is 0 Å². The van der Waals surface area contributed by atoms with E-state index in [4.69, 9.17) is 4.98 Å². The van der Waals surface area contributed by atoms with E-state index >= 15 is 0 Å². The minimum atomic E-state index is 0.877. The van der Waals surface area contributed by atoms with E-state index in [1.165, 1.54) is 11.1 Å². The van der Waals surface area contributed by atoms with E-state index in [1.54, 1.807) is 0 Å². The van der Waals surface area contributed by atoms with Crippen molar-refractivity contribution in [2.45, 2.75) is 0 Å². The molecule has 0 unspecified atom stereocenters. The van der Waals surface area contributed by atoms with Gasteiger partial charge >= 0.3 is 0 Å². The van der Waals surface area contributed by atoms with Crippen molar-refractivity contribution in [1.82, 2.24) is 9.97 Å². The zero-order chi connectivity index (χ0) is 19.5. The summed E-state index contributed by atoms with van der Waals surface area (Å²) in [4.78, 5) is 8.67. The Kier molecular flexibility index (Phi) is 4.51. The lowest BCUT2D eigenvalue weighted by Gasteiger charge is -2.07. The summed E-state index contributed by atoms with van der Waals surface area (Å²) >= 11 is 0. The minimum absolute atomic E-state index is 0.877. The van der Waals surface area contributed by atoms with Crippen molar-refractivity contribution in [2.24, 2.45) is 0 Å². The average Bonchev–Trinajstić information content (AvgIpc) is 3.26. The number of imidazole rings is 1. The van der Waals surface area contributed by atoms with Crippen LogP contribution in [0, 0.1) is 0 Å². The molecule has 29 heavy (non-hydrogen) atoms. The molecule has 0 amide bonds. The number of hydrogen-bond acceptors (Lipinski definition) is 1. The first-order valence-electron chi connectivity index (χ1n) is 9.76. The highest BCUT2D eigenvalue weighted by molar-refractivity contribution is 5.85. The van der Waals surface area contributed by atoms with Gasteiger partial charge in [-0.2, -0.15) is 0 Å². The molecule has 1 aromatic heterocycles. The van der Waals surface area contributed by atoms with Gasteiger partial charge < -0.3 is 4.98 Å². The van der Waals surface area contributed by atoms with Crippen LogP contribution in [0.25, 0.3) is 45.0 Å². The van der Waals surface area contributed by atoms with Gasteiger partial charge in [0.05, 0.1) is 11.4 Å². The second-order valence-corrected chi connectivity index (χ2v) is 6.95. The van der Waals surface area contributed by atoms with Crippen LogP contribution in [0.5, 0.6) is 0 Å². The molecule has 0 fully saturated rings. The number of hydrogen-bond donors (Lipinski definition) is 1. The van der Waals surface area contributed by atoms with Crippen LogP contribution >= 0.6 is 0 Å². The Balaban J connectivity index is 1.72. The molecular weight excluding hydrogens is 352 g/mol. The molecule has 138 valence electrons. The normalized spacial score (nSPS) is 10.8. The maximum absolute atomic E-state index is 5.06. The van der Waals surface area contributed by atoms with Gasteiger partial charge in [-0.1, -0.05) is 115 Å². The molecule has 2 nitrogen and oxygen atoms in total. The topological polar surface area (TPSA) is 28.7 Å². The van der Waals surface area contributed by atoms with Gasteiger partial charge in [0.15, 0.2) is 0 Å². The molecule has 2 heteroatoms. The van der Waals surface area contributed by atoms with Gasteiger partial charge in [0.2, 0.25) is 0 Å². The molecule has 0 spiro atoms. The molecule has 0 aliphatic rings. The maximum atomic E-state index is 5.06. The molecule has 1 heterocycles. The Bertz CT molecular complexity index is 1170. The van der Waals surface area contributed by atoms with Gasteiger partial charge in [0.25, 0.3) is 0 Å². The third-order valence-electron chi connectivity index (χ3n) is 5.08. The van der Waals surface area contributed by atoms with Crippen LogP contribution in [0.3, 0.4) is 0 Å². The van der Waals surface area contributed by atoms with Gasteiger partial charge in [-0.05, 0) is 11.1 Å². The smallest absolute Gasteiger partial charge is 0.139 e. The first-order valence-corrected chi connectivity index (χ1v) is 9.76. The predicted molar refractivity (Wildman–Crippen MR) is 120 cm³/mol. The number of benzene rings is 4. The molecule has 0 aliphatic carbocycles. The summed E-state index contributed by atoms with van der Waals surface area (Å²) in [6.07, 6.45) is 0. The molecular formula is C27H20N2. The van der Waals surface area contributed by atoms with Gasteiger partial charge in [-0.15, -0.1) is 0 Å². The Morgan fingerprint density at radius 3 is 1.55 bits per heavy atom. The zero-order valence-electron chi connectivity index (χ0n) is 15.9.